The monoisotopic (exact) mass is 341 g/mol. The van der Waals surface area contributed by atoms with Crippen LogP contribution in [0.4, 0.5) is 10.5 Å². The van der Waals surface area contributed by atoms with Crippen molar-refractivity contribution in [1.29, 1.82) is 0 Å². The molecule has 3 N–H and O–H groups in total. The van der Waals surface area contributed by atoms with Crippen molar-refractivity contribution < 1.29 is 22.7 Å². The number of carbonyl (C=O) groups is 2. The number of urea groups is 1. The fourth-order valence-electron chi connectivity index (χ4n) is 2.19. The molecule has 1 heterocycles. The maximum Gasteiger partial charge on any atom is 0.315 e. The molecule has 0 spiro atoms. The molecule has 1 fully saturated rings. The third-order valence-electron chi connectivity index (χ3n) is 3.35. The number of anilines is 1. The molecule has 9 heteroatoms. The van der Waals surface area contributed by atoms with Gasteiger partial charge in [-0.2, -0.15) is 0 Å². The maximum atomic E-state index is 11.7. The van der Waals surface area contributed by atoms with Crippen LogP contribution in [0, 0.1) is 0 Å². The highest BCUT2D eigenvalue weighted by Gasteiger charge is 2.28. The number of amides is 3. The van der Waals surface area contributed by atoms with Crippen molar-refractivity contribution in [3.8, 4) is 5.75 Å². The molecule has 1 aliphatic heterocycles. The summed E-state index contributed by atoms with van der Waals surface area (Å²) >= 11 is 0. The molecule has 1 saturated heterocycles. The minimum atomic E-state index is -3.05. The molecular formula is C14H19N3O5S. The van der Waals surface area contributed by atoms with Gasteiger partial charge in [0.1, 0.15) is 5.75 Å². The van der Waals surface area contributed by atoms with Gasteiger partial charge in [0.05, 0.1) is 25.2 Å². The first-order valence-corrected chi connectivity index (χ1v) is 8.89. The predicted molar refractivity (Wildman–Crippen MR) is 85.2 cm³/mol. The fourth-order valence-corrected chi connectivity index (χ4v) is 3.86. The number of carbonyl (C=O) groups excluding carboxylic acids is 2. The van der Waals surface area contributed by atoms with E-state index in [4.69, 9.17) is 4.74 Å². The zero-order valence-electron chi connectivity index (χ0n) is 12.7. The van der Waals surface area contributed by atoms with Gasteiger partial charge in [0, 0.05) is 11.7 Å². The molecule has 1 aromatic carbocycles. The first-order chi connectivity index (χ1) is 10.9. The summed E-state index contributed by atoms with van der Waals surface area (Å²) < 4.78 is 27.6. The molecular weight excluding hydrogens is 322 g/mol. The first kappa shape index (κ1) is 17.1. The summed E-state index contributed by atoms with van der Waals surface area (Å²) in [5, 5.41) is 7.56. The number of ether oxygens (including phenoxy) is 1. The second-order valence-corrected chi connectivity index (χ2v) is 7.43. The number of methoxy groups -OCH3 is 1. The Balaban J connectivity index is 1.72. The molecule has 0 aliphatic carbocycles. The Morgan fingerprint density at radius 3 is 2.52 bits per heavy atom. The average Bonchev–Trinajstić information content (AvgIpc) is 2.85. The van der Waals surface area contributed by atoms with E-state index in [2.05, 4.69) is 16.0 Å². The predicted octanol–water partition coefficient (Wildman–Crippen LogP) is 0.120. The molecule has 1 aromatic rings. The minimum absolute atomic E-state index is 0.0571. The van der Waals surface area contributed by atoms with Gasteiger partial charge in [-0.25, -0.2) is 13.2 Å². The van der Waals surface area contributed by atoms with Crippen molar-refractivity contribution in [3.05, 3.63) is 24.3 Å². The van der Waals surface area contributed by atoms with Crippen molar-refractivity contribution >= 4 is 27.5 Å². The van der Waals surface area contributed by atoms with Crippen LogP contribution in [0.2, 0.25) is 0 Å². The van der Waals surface area contributed by atoms with E-state index in [-0.39, 0.29) is 24.0 Å². The summed E-state index contributed by atoms with van der Waals surface area (Å²) in [5.41, 5.74) is 0.583. The molecule has 1 atom stereocenters. The molecule has 8 nitrogen and oxygen atoms in total. The van der Waals surface area contributed by atoms with Crippen molar-refractivity contribution in [2.75, 3.05) is 30.5 Å². The number of hydrogen-bond acceptors (Lipinski definition) is 5. The standard InChI is InChI=1S/C14H19N3O5S/c1-22-12-4-2-10(3-5-12)16-13(18)8-15-14(19)17-11-6-7-23(20,21)9-11/h2-5,11H,6-9H2,1H3,(H,16,18)(H2,15,17,19)/t11-/m1/s1. The third kappa shape index (κ3) is 5.44. The molecule has 0 unspecified atom stereocenters. The average molecular weight is 341 g/mol. The topological polar surface area (TPSA) is 114 Å². The van der Waals surface area contributed by atoms with Gasteiger partial charge in [-0.1, -0.05) is 0 Å². The van der Waals surface area contributed by atoms with Crippen molar-refractivity contribution in [3.63, 3.8) is 0 Å². The lowest BCUT2D eigenvalue weighted by Gasteiger charge is -2.12. The van der Waals surface area contributed by atoms with Crippen molar-refractivity contribution in [2.45, 2.75) is 12.5 Å². The lowest BCUT2D eigenvalue weighted by atomic mass is 10.3. The Morgan fingerprint density at radius 1 is 1.26 bits per heavy atom. The SMILES string of the molecule is COc1ccc(NC(=O)CNC(=O)N[C@@H]2CCS(=O)(=O)C2)cc1. The quantitative estimate of drug-likeness (QED) is 0.704. The van der Waals surface area contributed by atoms with Gasteiger partial charge < -0.3 is 20.7 Å². The van der Waals surface area contributed by atoms with Gasteiger partial charge in [-0.05, 0) is 30.7 Å². The largest absolute Gasteiger partial charge is 0.497 e. The number of benzene rings is 1. The first-order valence-electron chi connectivity index (χ1n) is 7.06. The molecule has 3 amide bonds. The van der Waals surface area contributed by atoms with E-state index >= 15 is 0 Å². The Morgan fingerprint density at radius 2 is 1.96 bits per heavy atom. The van der Waals surface area contributed by atoms with Gasteiger partial charge >= 0.3 is 6.03 Å². The summed E-state index contributed by atoms with van der Waals surface area (Å²) in [4.78, 5) is 23.4. The molecule has 0 bridgehead atoms. The highest BCUT2D eigenvalue weighted by atomic mass is 32.2. The van der Waals surface area contributed by atoms with E-state index in [0.717, 1.165) is 0 Å². The number of nitrogens with one attached hydrogen (secondary N) is 3. The highest BCUT2D eigenvalue weighted by molar-refractivity contribution is 7.91. The van der Waals surface area contributed by atoms with Crippen molar-refractivity contribution in [2.24, 2.45) is 0 Å². The highest BCUT2D eigenvalue weighted by Crippen LogP contribution is 2.14. The zero-order valence-corrected chi connectivity index (χ0v) is 13.5. The normalized spacial score (nSPS) is 18.9. The van der Waals surface area contributed by atoms with Crippen LogP contribution in [-0.4, -0.2) is 51.6 Å². The van der Waals surface area contributed by atoms with Crippen LogP contribution in [0.15, 0.2) is 24.3 Å². The van der Waals surface area contributed by atoms with E-state index in [1.807, 2.05) is 0 Å². The summed E-state index contributed by atoms with van der Waals surface area (Å²) in [6.45, 7) is -0.211. The zero-order chi connectivity index (χ0) is 16.9. The summed E-state index contributed by atoms with van der Waals surface area (Å²) in [5.74, 6) is 0.311. The van der Waals surface area contributed by atoms with E-state index < -0.39 is 21.9 Å². The van der Waals surface area contributed by atoms with Gasteiger partial charge in [0.15, 0.2) is 9.84 Å². The van der Waals surface area contributed by atoms with Gasteiger partial charge in [-0.15, -0.1) is 0 Å². The second-order valence-electron chi connectivity index (χ2n) is 5.20. The van der Waals surface area contributed by atoms with Gasteiger partial charge in [-0.3, -0.25) is 4.79 Å². The molecule has 23 heavy (non-hydrogen) atoms. The van der Waals surface area contributed by atoms with E-state index in [0.29, 0.717) is 17.9 Å². The molecule has 126 valence electrons. The van der Waals surface area contributed by atoms with Crippen LogP contribution in [0.1, 0.15) is 6.42 Å². The third-order valence-corrected chi connectivity index (χ3v) is 5.12. The Kier molecular flexibility index (Phi) is 5.43. The van der Waals surface area contributed by atoms with Crippen LogP contribution in [0.5, 0.6) is 5.75 Å². The van der Waals surface area contributed by atoms with Crippen LogP contribution in [0.3, 0.4) is 0 Å². The Bertz CT molecular complexity index is 672. The van der Waals surface area contributed by atoms with Gasteiger partial charge in [0.2, 0.25) is 5.91 Å². The molecule has 1 aliphatic rings. The Hall–Kier alpha value is -2.29. The van der Waals surface area contributed by atoms with E-state index in [1.54, 1.807) is 31.4 Å². The van der Waals surface area contributed by atoms with Crippen LogP contribution in [0.25, 0.3) is 0 Å². The molecule has 2 rings (SSSR count). The van der Waals surface area contributed by atoms with Crippen LogP contribution < -0.4 is 20.7 Å². The minimum Gasteiger partial charge on any atom is -0.497 e. The number of sulfone groups is 1. The lowest BCUT2D eigenvalue weighted by molar-refractivity contribution is -0.115. The smallest absolute Gasteiger partial charge is 0.315 e. The number of rotatable bonds is 5. The maximum absolute atomic E-state index is 11.7. The van der Waals surface area contributed by atoms with E-state index in [9.17, 15) is 18.0 Å². The lowest BCUT2D eigenvalue weighted by Crippen LogP contribution is -2.45. The van der Waals surface area contributed by atoms with Crippen LogP contribution >= 0.6 is 0 Å². The summed E-state index contributed by atoms with van der Waals surface area (Å²) in [6.07, 6.45) is 0.397. The van der Waals surface area contributed by atoms with Crippen molar-refractivity contribution in [1.82, 2.24) is 10.6 Å². The second kappa shape index (κ2) is 7.32. The van der Waals surface area contributed by atoms with Gasteiger partial charge in [0.25, 0.3) is 0 Å². The number of hydrogen-bond donors (Lipinski definition) is 3. The molecule has 0 saturated carbocycles. The summed E-state index contributed by atoms with van der Waals surface area (Å²) in [6, 6.07) is 5.81. The summed E-state index contributed by atoms with van der Waals surface area (Å²) in [7, 11) is -1.50. The fraction of sp³-hybridized carbons (Fsp3) is 0.429. The Labute approximate surface area is 134 Å². The molecule has 0 aromatic heterocycles. The van der Waals surface area contributed by atoms with Crippen LogP contribution in [-0.2, 0) is 14.6 Å². The van der Waals surface area contributed by atoms with E-state index in [1.165, 1.54) is 0 Å². The molecule has 0 radical (unpaired) electrons.